The summed E-state index contributed by atoms with van der Waals surface area (Å²) in [4.78, 5) is 29.1. The smallest absolute Gasteiger partial charge is 0.311 e. The molecule has 37 heavy (non-hydrogen) atoms. The molecule has 0 radical (unpaired) electrons. The molecule has 5 aromatic rings. The van der Waals surface area contributed by atoms with Crippen molar-refractivity contribution in [3.05, 3.63) is 134 Å². The van der Waals surface area contributed by atoms with Gasteiger partial charge in [0.15, 0.2) is 11.6 Å². The van der Waals surface area contributed by atoms with E-state index in [0.717, 1.165) is 0 Å². The number of benzene rings is 4. The number of ether oxygens (including phenoxy) is 1. The Labute approximate surface area is 210 Å². The fraction of sp³-hybridized carbons (Fsp3) is 0.0357. The van der Waals surface area contributed by atoms with Crippen LogP contribution in [-0.4, -0.2) is 20.8 Å². The standard InChI is InChI=1S/C28H19FN4O4/c29-22-13-10-19(11-14-22)18-37-26-15-12-20(16-25(26)33(35)36)17-30-32-27(21-6-2-1-3-7-21)31-24-9-5-4-8-23(24)28(32)34/h1-17H,18H2. The Morgan fingerprint density at radius 3 is 2.46 bits per heavy atom. The molecule has 0 amide bonds. The summed E-state index contributed by atoms with van der Waals surface area (Å²) in [5.41, 5.74) is 1.65. The first kappa shape index (κ1) is 23.6. The van der Waals surface area contributed by atoms with E-state index in [4.69, 9.17) is 4.74 Å². The highest BCUT2D eigenvalue weighted by Crippen LogP contribution is 2.28. The molecule has 9 heteroatoms. The van der Waals surface area contributed by atoms with Gasteiger partial charge in [0.1, 0.15) is 12.4 Å². The van der Waals surface area contributed by atoms with Crippen LogP contribution >= 0.6 is 0 Å². The molecule has 5 rings (SSSR count). The molecular formula is C28H19FN4O4. The fourth-order valence-corrected chi connectivity index (χ4v) is 3.75. The minimum absolute atomic E-state index is 0.0349. The van der Waals surface area contributed by atoms with Crippen LogP contribution in [0, 0.1) is 15.9 Å². The zero-order valence-electron chi connectivity index (χ0n) is 19.3. The molecule has 0 saturated carbocycles. The van der Waals surface area contributed by atoms with E-state index in [-0.39, 0.29) is 29.4 Å². The van der Waals surface area contributed by atoms with Gasteiger partial charge in [0.25, 0.3) is 5.56 Å². The SMILES string of the molecule is O=c1c2ccccc2nc(-c2ccccc2)n1N=Cc1ccc(OCc2ccc(F)cc2)c([N+](=O)[O-])c1. The molecule has 0 N–H and O–H groups in total. The third-order valence-electron chi connectivity index (χ3n) is 5.60. The van der Waals surface area contributed by atoms with Crippen molar-refractivity contribution < 1.29 is 14.1 Å². The van der Waals surface area contributed by atoms with Crippen molar-refractivity contribution in [1.29, 1.82) is 0 Å². The van der Waals surface area contributed by atoms with E-state index in [0.29, 0.717) is 33.4 Å². The van der Waals surface area contributed by atoms with Gasteiger partial charge in [0, 0.05) is 17.2 Å². The van der Waals surface area contributed by atoms with Gasteiger partial charge in [0.2, 0.25) is 0 Å². The molecule has 0 spiro atoms. The Morgan fingerprint density at radius 1 is 0.973 bits per heavy atom. The van der Waals surface area contributed by atoms with Crippen LogP contribution in [0.2, 0.25) is 0 Å². The molecule has 0 aliphatic rings. The summed E-state index contributed by atoms with van der Waals surface area (Å²) < 4.78 is 19.9. The van der Waals surface area contributed by atoms with Gasteiger partial charge in [0.05, 0.1) is 22.0 Å². The molecular weight excluding hydrogens is 475 g/mol. The van der Waals surface area contributed by atoms with Crippen molar-refractivity contribution in [3.63, 3.8) is 0 Å². The molecule has 0 aliphatic heterocycles. The highest BCUT2D eigenvalue weighted by molar-refractivity contribution is 5.83. The second-order valence-corrected chi connectivity index (χ2v) is 8.08. The number of nitro benzene ring substituents is 1. The second kappa shape index (κ2) is 10.2. The first-order valence-electron chi connectivity index (χ1n) is 11.3. The summed E-state index contributed by atoms with van der Waals surface area (Å²) in [7, 11) is 0. The van der Waals surface area contributed by atoms with Crippen LogP contribution in [0.15, 0.2) is 107 Å². The van der Waals surface area contributed by atoms with Gasteiger partial charge < -0.3 is 4.74 Å². The Balaban J connectivity index is 1.50. The van der Waals surface area contributed by atoms with E-state index in [1.807, 2.05) is 30.3 Å². The maximum absolute atomic E-state index is 13.3. The second-order valence-electron chi connectivity index (χ2n) is 8.08. The third-order valence-corrected chi connectivity index (χ3v) is 5.60. The predicted molar refractivity (Wildman–Crippen MR) is 138 cm³/mol. The van der Waals surface area contributed by atoms with Gasteiger partial charge in [-0.3, -0.25) is 14.9 Å². The third kappa shape index (κ3) is 5.10. The summed E-state index contributed by atoms with van der Waals surface area (Å²) in [6, 6.07) is 26.2. The summed E-state index contributed by atoms with van der Waals surface area (Å²) in [6.45, 7) is 0.0349. The van der Waals surface area contributed by atoms with Gasteiger partial charge in [-0.05, 0) is 42.0 Å². The number of fused-ring (bicyclic) bond motifs is 1. The molecule has 4 aromatic carbocycles. The Morgan fingerprint density at radius 2 is 1.70 bits per heavy atom. The number of rotatable bonds is 7. The molecule has 0 aliphatic carbocycles. The zero-order valence-corrected chi connectivity index (χ0v) is 19.3. The van der Waals surface area contributed by atoms with Crippen LogP contribution in [-0.2, 0) is 6.61 Å². The van der Waals surface area contributed by atoms with Crippen molar-refractivity contribution in [2.75, 3.05) is 0 Å². The average Bonchev–Trinajstić information content (AvgIpc) is 2.93. The first-order chi connectivity index (χ1) is 18.0. The van der Waals surface area contributed by atoms with Crippen molar-refractivity contribution in [2.45, 2.75) is 6.61 Å². The largest absolute Gasteiger partial charge is 0.482 e. The number of para-hydroxylation sites is 1. The maximum atomic E-state index is 13.3. The molecule has 0 atom stereocenters. The molecule has 0 fully saturated rings. The van der Waals surface area contributed by atoms with Gasteiger partial charge in [-0.2, -0.15) is 9.78 Å². The number of hydrogen-bond acceptors (Lipinski definition) is 6. The van der Waals surface area contributed by atoms with Crippen LogP contribution in [0.4, 0.5) is 10.1 Å². The summed E-state index contributed by atoms with van der Waals surface area (Å²) in [5, 5.41) is 16.5. The highest BCUT2D eigenvalue weighted by atomic mass is 19.1. The van der Waals surface area contributed by atoms with Crippen LogP contribution < -0.4 is 10.3 Å². The zero-order chi connectivity index (χ0) is 25.8. The predicted octanol–water partition coefficient (Wildman–Crippen LogP) is 5.57. The molecule has 0 unspecified atom stereocenters. The van der Waals surface area contributed by atoms with E-state index >= 15 is 0 Å². The lowest BCUT2D eigenvalue weighted by molar-refractivity contribution is -0.385. The fourth-order valence-electron chi connectivity index (χ4n) is 3.75. The highest BCUT2D eigenvalue weighted by Gasteiger charge is 2.17. The lowest BCUT2D eigenvalue weighted by Crippen LogP contribution is -2.20. The maximum Gasteiger partial charge on any atom is 0.311 e. The van der Waals surface area contributed by atoms with E-state index in [1.54, 1.807) is 42.5 Å². The molecule has 1 heterocycles. The van der Waals surface area contributed by atoms with E-state index in [9.17, 15) is 19.3 Å². The number of halogens is 1. The minimum Gasteiger partial charge on any atom is -0.482 e. The Kier molecular flexibility index (Phi) is 6.50. The summed E-state index contributed by atoms with van der Waals surface area (Å²) in [6.07, 6.45) is 1.36. The molecule has 182 valence electrons. The van der Waals surface area contributed by atoms with Gasteiger partial charge in [-0.15, -0.1) is 0 Å². The number of hydrogen-bond donors (Lipinski definition) is 0. The monoisotopic (exact) mass is 494 g/mol. The number of aromatic nitrogens is 2. The van der Waals surface area contributed by atoms with Crippen molar-refractivity contribution in [1.82, 2.24) is 9.66 Å². The van der Waals surface area contributed by atoms with Crippen LogP contribution in [0.1, 0.15) is 11.1 Å². The van der Waals surface area contributed by atoms with E-state index in [1.165, 1.54) is 35.2 Å². The lowest BCUT2D eigenvalue weighted by Gasteiger charge is -2.10. The number of nitrogens with zero attached hydrogens (tertiary/aromatic N) is 4. The lowest BCUT2D eigenvalue weighted by atomic mass is 10.2. The normalized spacial score (nSPS) is 11.2. The van der Waals surface area contributed by atoms with Crippen LogP contribution in [0.25, 0.3) is 22.3 Å². The molecule has 8 nitrogen and oxygen atoms in total. The molecule has 0 bridgehead atoms. The van der Waals surface area contributed by atoms with Crippen molar-refractivity contribution in [3.8, 4) is 17.1 Å². The van der Waals surface area contributed by atoms with Gasteiger partial charge in [-0.25, -0.2) is 9.37 Å². The van der Waals surface area contributed by atoms with Crippen molar-refractivity contribution >= 4 is 22.8 Å². The van der Waals surface area contributed by atoms with E-state index in [2.05, 4.69) is 10.1 Å². The Bertz CT molecular complexity index is 1680. The first-order valence-corrected chi connectivity index (χ1v) is 11.3. The summed E-state index contributed by atoms with van der Waals surface area (Å²) >= 11 is 0. The van der Waals surface area contributed by atoms with Gasteiger partial charge >= 0.3 is 5.69 Å². The van der Waals surface area contributed by atoms with E-state index < -0.39 is 4.92 Å². The summed E-state index contributed by atoms with van der Waals surface area (Å²) in [5.74, 6) is 0.0183. The van der Waals surface area contributed by atoms with Crippen LogP contribution in [0.3, 0.4) is 0 Å². The number of nitro groups is 1. The average molecular weight is 494 g/mol. The van der Waals surface area contributed by atoms with Gasteiger partial charge in [-0.1, -0.05) is 54.6 Å². The van der Waals surface area contributed by atoms with Crippen molar-refractivity contribution in [2.24, 2.45) is 5.10 Å². The van der Waals surface area contributed by atoms with Crippen LogP contribution in [0.5, 0.6) is 5.75 Å². The topological polar surface area (TPSA) is 99.6 Å². The minimum atomic E-state index is -0.559. The quantitative estimate of drug-likeness (QED) is 0.167. The molecule has 0 saturated heterocycles. The molecule has 1 aromatic heterocycles. The Hall–Kier alpha value is -5.18.